The summed E-state index contributed by atoms with van der Waals surface area (Å²) < 4.78 is 11.2. The van der Waals surface area contributed by atoms with Crippen LogP contribution in [0, 0.1) is 18.8 Å². The lowest BCUT2D eigenvalue weighted by Gasteiger charge is -2.43. The number of rotatable bonds is 7. The maximum absolute atomic E-state index is 13.4. The van der Waals surface area contributed by atoms with Gasteiger partial charge in [-0.25, -0.2) is 0 Å². The third kappa shape index (κ3) is 5.71. The van der Waals surface area contributed by atoms with Crippen molar-refractivity contribution in [3.63, 3.8) is 0 Å². The second-order valence-corrected chi connectivity index (χ2v) is 9.58. The molecule has 1 fully saturated rings. The number of benzene rings is 3. The lowest BCUT2D eigenvalue weighted by atomic mass is 9.61. The molecule has 0 aliphatic heterocycles. The molecule has 4 atom stereocenters. The van der Waals surface area contributed by atoms with E-state index < -0.39 is 41.1 Å². The zero-order chi connectivity index (χ0) is 25.7. The molecule has 1 aliphatic rings. The van der Waals surface area contributed by atoms with E-state index in [-0.39, 0.29) is 19.6 Å². The first-order chi connectivity index (χ1) is 17.3. The smallest absolute Gasteiger partial charge is 0.317 e. The summed E-state index contributed by atoms with van der Waals surface area (Å²) in [6.07, 6.45) is -0.356. The molecule has 0 amide bonds. The Bertz CT molecular complexity index is 1200. The molecule has 3 aromatic rings. The molecule has 0 saturated heterocycles. The molecule has 1 aliphatic carbocycles. The fraction of sp³-hybridized carbons (Fsp3) is 0.300. The standard InChI is InChI=1S/C30H30O6/c1-20-13-15-23(16-14-20)25-26(28(32)35-18-21-9-5-3-6-10-21)24(31)17-30(2,34)27(25)29(33)36-19-22-11-7-4-8-12-22/h3-16,25-27,34H,17-19H2,1-2H3/t25-,26-,27-,30-/m1/s1. The molecular weight excluding hydrogens is 456 g/mol. The van der Waals surface area contributed by atoms with Crippen LogP contribution in [0.5, 0.6) is 0 Å². The second-order valence-electron chi connectivity index (χ2n) is 9.58. The van der Waals surface area contributed by atoms with Gasteiger partial charge in [0.25, 0.3) is 0 Å². The molecule has 0 unspecified atom stereocenters. The molecule has 4 rings (SSSR count). The highest BCUT2D eigenvalue weighted by Crippen LogP contribution is 2.47. The van der Waals surface area contributed by atoms with Crippen molar-refractivity contribution in [3.8, 4) is 0 Å². The number of ether oxygens (including phenoxy) is 2. The van der Waals surface area contributed by atoms with Crippen molar-refractivity contribution >= 4 is 17.7 Å². The predicted molar refractivity (Wildman–Crippen MR) is 134 cm³/mol. The highest BCUT2D eigenvalue weighted by atomic mass is 16.5. The summed E-state index contributed by atoms with van der Waals surface area (Å²) in [5.41, 5.74) is 1.46. The van der Waals surface area contributed by atoms with Crippen LogP contribution in [0.4, 0.5) is 0 Å². The van der Waals surface area contributed by atoms with E-state index in [1.54, 1.807) is 12.1 Å². The van der Waals surface area contributed by atoms with Gasteiger partial charge < -0.3 is 14.6 Å². The van der Waals surface area contributed by atoms with Crippen molar-refractivity contribution in [2.24, 2.45) is 11.8 Å². The molecule has 0 bridgehead atoms. The van der Waals surface area contributed by atoms with E-state index in [1.807, 2.05) is 79.7 Å². The molecule has 0 aromatic heterocycles. The van der Waals surface area contributed by atoms with Gasteiger partial charge in [-0.15, -0.1) is 0 Å². The number of esters is 2. The Morgan fingerprint density at radius 3 is 1.86 bits per heavy atom. The van der Waals surface area contributed by atoms with Gasteiger partial charge in [-0.3, -0.25) is 14.4 Å². The number of ketones is 1. The summed E-state index contributed by atoms with van der Waals surface area (Å²) in [4.78, 5) is 40.0. The first-order valence-corrected chi connectivity index (χ1v) is 12.0. The van der Waals surface area contributed by atoms with Crippen molar-refractivity contribution in [1.29, 1.82) is 0 Å². The fourth-order valence-electron chi connectivity index (χ4n) is 4.84. The summed E-state index contributed by atoms with van der Waals surface area (Å²) in [6.45, 7) is 3.39. The third-order valence-electron chi connectivity index (χ3n) is 6.69. The zero-order valence-electron chi connectivity index (χ0n) is 20.4. The number of carbonyl (C=O) groups excluding carboxylic acids is 3. The Morgan fingerprint density at radius 2 is 1.33 bits per heavy atom. The van der Waals surface area contributed by atoms with Crippen LogP contribution in [0.2, 0.25) is 0 Å². The Hall–Kier alpha value is -3.77. The van der Waals surface area contributed by atoms with Crippen molar-refractivity contribution in [2.45, 2.75) is 45.0 Å². The number of carbonyl (C=O) groups is 3. The molecule has 1 saturated carbocycles. The largest absolute Gasteiger partial charge is 0.461 e. The lowest BCUT2D eigenvalue weighted by Crippen LogP contribution is -2.55. The topological polar surface area (TPSA) is 89.9 Å². The number of aryl methyl sites for hydroxylation is 1. The monoisotopic (exact) mass is 486 g/mol. The fourth-order valence-corrected chi connectivity index (χ4v) is 4.84. The molecule has 6 heteroatoms. The van der Waals surface area contributed by atoms with Crippen LogP contribution in [-0.2, 0) is 37.1 Å². The van der Waals surface area contributed by atoms with Crippen molar-refractivity contribution in [2.75, 3.05) is 0 Å². The van der Waals surface area contributed by atoms with Gasteiger partial charge in [0.1, 0.15) is 19.1 Å². The van der Waals surface area contributed by atoms with Crippen LogP contribution in [0.3, 0.4) is 0 Å². The number of aliphatic hydroxyl groups is 1. The predicted octanol–water partition coefficient (Wildman–Crippen LogP) is 4.52. The summed E-state index contributed by atoms with van der Waals surface area (Å²) in [5.74, 6) is -5.17. The Balaban J connectivity index is 1.66. The quantitative estimate of drug-likeness (QED) is 0.390. The van der Waals surface area contributed by atoms with Gasteiger partial charge in [-0.2, -0.15) is 0 Å². The first kappa shape index (κ1) is 25.3. The second kappa shape index (κ2) is 10.9. The summed E-state index contributed by atoms with van der Waals surface area (Å²) in [6, 6.07) is 25.6. The Morgan fingerprint density at radius 1 is 0.833 bits per heavy atom. The first-order valence-electron chi connectivity index (χ1n) is 12.0. The molecule has 1 N–H and O–H groups in total. The van der Waals surface area contributed by atoms with Crippen molar-refractivity contribution < 1.29 is 29.0 Å². The Labute approximate surface area is 210 Å². The van der Waals surface area contributed by atoms with Crippen LogP contribution in [-0.4, -0.2) is 28.4 Å². The summed E-state index contributed by atoms with van der Waals surface area (Å²) in [7, 11) is 0. The molecule has 186 valence electrons. The summed E-state index contributed by atoms with van der Waals surface area (Å²) in [5, 5.41) is 11.3. The molecular formula is C30H30O6. The lowest BCUT2D eigenvalue weighted by molar-refractivity contribution is -0.174. The van der Waals surface area contributed by atoms with Gasteiger partial charge in [-0.1, -0.05) is 90.5 Å². The minimum absolute atomic E-state index is 0.00356. The normalized spacial score (nSPS) is 23.6. The maximum atomic E-state index is 13.4. The van der Waals surface area contributed by atoms with Crippen molar-refractivity contribution in [3.05, 3.63) is 107 Å². The third-order valence-corrected chi connectivity index (χ3v) is 6.69. The average Bonchev–Trinajstić information content (AvgIpc) is 2.86. The van der Waals surface area contributed by atoms with E-state index in [0.717, 1.165) is 16.7 Å². The molecule has 0 radical (unpaired) electrons. The number of hydrogen-bond acceptors (Lipinski definition) is 6. The molecule has 0 spiro atoms. The molecule has 3 aromatic carbocycles. The SMILES string of the molecule is Cc1ccc([C@@H]2[C@H](C(=O)OCc3ccccc3)C(=O)C[C@@](C)(O)[C@H]2C(=O)OCc2ccccc2)cc1. The van der Waals surface area contributed by atoms with Crippen LogP contribution in [0.25, 0.3) is 0 Å². The van der Waals surface area contributed by atoms with Crippen LogP contribution >= 0.6 is 0 Å². The summed E-state index contributed by atoms with van der Waals surface area (Å²) >= 11 is 0. The van der Waals surface area contributed by atoms with Gasteiger partial charge in [-0.05, 0) is 30.5 Å². The highest BCUT2D eigenvalue weighted by molar-refractivity contribution is 6.02. The van der Waals surface area contributed by atoms with Gasteiger partial charge in [0.05, 0.1) is 11.5 Å². The van der Waals surface area contributed by atoms with Gasteiger partial charge in [0, 0.05) is 12.3 Å². The molecule has 0 heterocycles. The van der Waals surface area contributed by atoms with Crippen LogP contribution < -0.4 is 0 Å². The van der Waals surface area contributed by atoms with E-state index in [1.165, 1.54) is 6.92 Å². The maximum Gasteiger partial charge on any atom is 0.317 e. The van der Waals surface area contributed by atoms with Crippen LogP contribution in [0.15, 0.2) is 84.9 Å². The molecule has 36 heavy (non-hydrogen) atoms. The van der Waals surface area contributed by atoms with E-state index >= 15 is 0 Å². The van der Waals surface area contributed by atoms with Gasteiger partial charge >= 0.3 is 11.9 Å². The number of Topliss-reactive ketones (excluding diaryl/α,β-unsaturated/α-hetero) is 1. The van der Waals surface area contributed by atoms with Gasteiger partial charge in [0.2, 0.25) is 0 Å². The van der Waals surface area contributed by atoms with Gasteiger partial charge in [0.15, 0.2) is 5.78 Å². The van der Waals surface area contributed by atoms with E-state index in [4.69, 9.17) is 9.47 Å². The number of hydrogen-bond donors (Lipinski definition) is 1. The minimum atomic E-state index is -1.70. The van der Waals surface area contributed by atoms with E-state index in [9.17, 15) is 19.5 Å². The van der Waals surface area contributed by atoms with E-state index in [0.29, 0.717) is 5.56 Å². The highest BCUT2D eigenvalue weighted by Gasteiger charge is 2.57. The molecule has 6 nitrogen and oxygen atoms in total. The van der Waals surface area contributed by atoms with E-state index in [2.05, 4.69) is 0 Å². The zero-order valence-corrected chi connectivity index (χ0v) is 20.4. The Kier molecular flexibility index (Phi) is 7.65. The average molecular weight is 487 g/mol. The van der Waals surface area contributed by atoms with Crippen LogP contribution in [0.1, 0.15) is 41.5 Å². The minimum Gasteiger partial charge on any atom is -0.461 e. The van der Waals surface area contributed by atoms with Crippen molar-refractivity contribution in [1.82, 2.24) is 0 Å².